The molecule has 0 atom stereocenters. The lowest BCUT2D eigenvalue weighted by Crippen LogP contribution is -2.30. The van der Waals surface area contributed by atoms with Crippen LogP contribution in [0.15, 0.2) is 39.1 Å². The normalized spacial score (nSPS) is 13.7. The average molecular weight is 332 g/mol. The summed E-state index contributed by atoms with van der Waals surface area (Å²) >= 11 is 1.15. The van der Waals surface area contributed by atoms with Crippen LogP contribution in [0, 0.1) is 11.6 Å². The molecule has 0 fully saturated rings. The second kappa shape index (κ2) is 5.34. The van der Waals surface area contributed by atoms with Crippen LogP contribution >= 0.6 is 11.3 Å². The molecule has 0 unspecified atom stereocenters. The van der Waals surface area contributed by atoms with E-state index in [-0.39, 0.29) is 15.2 Å². The van der Waals surface area contributed by atoms with Crippen molar-refractivity contribution < 1.29 is 17.2 Å². The van der Waals surface area contributed by atoms with E-state index in [2.05, 4.69) is 4.40 Å². The van der Waals surface area contributed by atoms with E-state index in [9.17, 15) is 17.2 Å². The van der Waals surface area contributed by atoms with E-state index < -0.39 is 21.7 Å². The number of hydrogen-bond acceptors (Lipinski definition) is 3. The van der Waals surface area contributed by atoms with Gasteiger partial charge in [0.15, 0.2) is 11.6 Å². The highest BCUT2D eigenvalue weighted by molar-refractivity contribution is 7.90. The maximum absolute atomic E-state index is 13.2. The molecule has 0 bridgehead atoms. The summed E-state index contributed by atoms with van der Waals surface area (Å²) < 4.78 is 55.8. The molecule has 0 spiro atoms. The van der Waals surface area contributed by atoms with Gasteiger partial charge in [0, 0.05) is 17.1 Å². The first-order chi connectivity index (χ1) is 9.61. The maximum Gasteiger partial charge on any atom is 0.285 e. The summed E-state index contributed by atoms with van der Waals surface area (Å²) in [5.74, 6) is -2.32. The fourth-order valence-electron chi connectivity index (χ4n) is 1.64. The predicted octanol–water partition coefficient (Wildman–Crippen LogP) is 2.87. The summed E-state index contributed by atoms with van der Waals surface area (Å²) in [4.78, 5) is -0.109. The van der Waals surface area contributed by atoms with Crippen molar-refractivity contribution in [3.63, 3.8) is 0 Å². The van der Waals surface area contributed by atoms with Crippen LogP contribution in [-0.2, 0) is 15.6 Å². The number of rotatable bonds is 2. The third-order valence-electron chi connectivity index (χ3n) is 2.70. The van der Waals surface area contributed by atoms with Gasteiger partial charge in [0.05, 0.1) is 4.90 Å². The number of thiazole rings is 1. The van der Waals surface area contributed by atoms with Gasteiger partial charge in [-0.3, -0.25) is 0 Å². The number of benzene rings is 1. The molecule has 8 heteroatoms. The van der Waals surface area contributed by atoms with Crippen LogP contribution in [0.4, 0.5) is 8.78 Å². The van der Waals surface area contributed by atoms with Crippen molar-refractivity contribution in [2.45, 2.75) is 31.2 Å². The molecule has 0 N–H and O–H groups in total. The van der Waals surface area contributed by atoms with E-state index in [1.165, 1.54) is 0 Å². The Bertz CT molecular complexity index is 830. The minimum Gasteiger partial charge on any atom is -0.318 e. The van der Waals surface area contributed by atoms with Crippen molar-refractivity contribution >= 4 is 21.4 Å². The molecule has 1 aromatic carbocycles. The zero-order valence-electron chi connectivity index (χ0n) is 11.7. The lowest BCUT2D eigenvalue weighted by atomic mass is 10.1. The van der Waals surface area contributed by atoms with Gasteiger partial charge in [-0.25, -0.2) is 8.78 Å². The monoisotopic (exact) mass is 332 g/mol. The fourth-order valence-corrected chi connectivity index (χ4v) is 3.75. The van der Waals surface area contributed by atoms with E-state index in [1.807, 2.05) is 20.8 Å². The van der Waals surface area contributed by atoms with Gasteiger partial charge in [0.2, 0.25) is 4.80 Å². The van der Waals surface area contributed by atoms with E-state index in [4.69, 9.17) is 0 Å². The molecule has 2 rings (SSSR count). The van der Waals surface area contributed by atoms with Crippen LogP contribution in [0.1, 0.15) is 20.8 Å². The molecule has 0 aliphatic heterocycles. The van der Waals surface area contributed by atoms with Gasteiger partial charge in [-0.15, -0.1) is 15.7 Å². The molecule has 4 nitrogen and oxygen atoms in total. The quantitative estimate of drug-likeness (QED) is 0.849. The molecule has 0 saturated carbocycles. The van der Waals surface area contributed by atoms with Crippen molar-refractivity contribution in [2.75, 3.05) is 0 Å². The molecule has 0 radical (unpaired) electrons. The maximum atomic E-state index is 13.2. The molecule has 114 valence electrons. The Morgan fingerprint density at radius 2 is 1.86 bits per heavy atom. The summed E-state index contributed by atoms with van der Waals surface area (Å²) in [6.45, 7) is 5.72. The van der Waals surface area contributed by atoms with Crippen molar-refractivity contribution in [3.05, 3.63) is 46.2 Å². The predicted molar refractivity (Wildman–Crippen MR) is 76.4 cm³/mol. The van der Waals surface area contributed by atoms with Crippen molar-refractivity contribution in [1.29, 1.82) is 0 Å². The van der Waals surface area contributed by atoms with E-state index >= 15 is 0 Å². The molecule has 0 aliphatic rings. The lowest BCUT2D eigenvalue weighted by molar-refractivity contribution is 0.388. The number of hydrogen-bond donors (Lipinski definition) is 0. The summed E-state index contributed by atoms with van der Waals surface area (Å²) in [7, 11) is -4.10. The van der Waals surface area contributed by atoms with Crippen molar-refractivity contribution in [3.8, 4) is 0 Å². The van der Waals surface area contributed by atoms with Crippen LogP contribution in [-0.4, -0.2) is 13.0 Å². The van der Waals surface area contributed by atoms with Gasteiger partial charge in [-0.2, -0.15) is 8.42 Å². The molecule has 21 heavy (non-hydrogen) atoms. The van der Waals surface area contributed by atoms with Crippen molar-refractivity contribution in [2.24, 2.45) is 4.40 Å². The van der Waals surface area contributed by atoms with Crippen molar-refractivity contribution in [1.82, 2.24) is 4.57 Å². The number of sulfonamides is 1. The van der Waals surface area contributed by atoms with Gasteiger partial charge >= 0.3 is 0 Å². The van der Waals surface area contributed by atoms with E-state index in [0.717, 1.165) is 23.5 Å². The zero-order valence-corrected chi connectivity index (χ0v) is 13.3. The number of nitrogens with zero attached hydrogens (tertiary/aromatic N) is 2. The highest BCUT2D eigenvalue weighted by Crippen LogP contribution is 2.17. The Balaban J connectivity index is 2.58. The Kier molecular flexibility index (Phi) is 4.03. The molecular weight excluding hydrogens is 318 g/mol. The molecule has 1 aromatic heterocycles. The highest BCUT2D eigenvalue weighted by Gasteiger charge is 2.18. The van der Waals surface area contributed by atoms with Gasteiger partial charge in [-0.05, 0) is 39.0 Å². The van der Waals surface area contributed by atoms with Gasteiger partial charge in [0.1, 0.15) is 0 Å². The van der Waals surface area contributed by atoms with Crippen LogP contribution in [0.3, 0.4) is 0 Å². The Hall–Kier alpha value is -1.54. The standard InChI is InChI=1S/C13H14F2N2O2S2/c1-13(2,3)17-6-7-20-12(17)16-21(18,19)9-4-5-10(14)11(15)8-9/h4-8H,1-3H3. The third kappa shape index (κ3) is 3.38. The Labute approximate surface area is 125 Å². The van der Waals surface area contributed by atoms with E-state index in [1.54, 1.807) is 16.1 Å². The first-order valence-corrected chi connectivity index (χ1v) is 8.36. The second-order valence-corrected chi connectivity index (χ2v) is 7.85. The first-order valence-electron chi connectivity index (χ1n) is 6.04. The fraction of sp³-hybridized carbons (Fsp3) is 0.308. The minimum absolute atomic E-state index is 0.271. The van der Waals surface area contributed by atoms with Crippen LogP contribution < -0.4 is 4.80 Å². The molecule has 1 heterocycles. The first kappa shape index (κ1) is 15.8. The molecule has 0 saturated heterocycles. The highest BCUT2D eigenvalue weighted by atomic mass is 32.2. The molecule has 0 amide bonds. The van der Waals surface area contributed by atoms with Gasteiger partial charge < -0.3 is 4.57 Å². The Morgan fingerprint density at radius 3 is 2.43 bits per heavy atom. The summed E-state index contributed by atoms with van der Waals surface area (Å²) in [6.07, 6.45) is 1.73. The van der Waals surface area contributed by atoms with Crippen LogP contribution in [0.5, 0.6) is 0 Å². The molecule has 2 aromatic rings. The second-order valence-electron chi connectivity index (χ2n) is 5.37. The summed E-state index contributed by atoms with van der Waals surface area (Å²) in [5.41, 5.74) is -0.345. The smallest absolute Gasteiger partial charge is 0.285 e. The van der Waals surface area contributed by atoms with Gasteiger partial charge in [0.25, 0.3) is 10.0 Å². The third-order valence-corrected chi connectivity index (χ3v) is 4.83. The lowest BCUT2D eigenvalue weighted by Gasteiger charge is -2.20. The number of aromatic nitrogens is 1. The van der Waals surface area contributed by atoms with E-state index in [0.29, 0.717) is 6.07 Å². The summed E-state index contributed by atoms with van der Waals surface area (Å²) in [6, 6.07) is 2.39. The summed E-state index contributed by atoms with van der Waals surface area (Å²) in [5, 5.41) is 1.71. The van der Waals surface area contributed by atoms with Gasteiger partial charge in [-0.1, -0.05) is 0 Å². The van der Waals surface area contributed by atoms with Crippen LogP contribution in [0.2, 0.25) is 0 Å². The molecular formula is C13H14F2N2O2S2. The SMILES string of the molecule is CC(C)(C)n1ccsc1=NS(=O)(=O)c1ccc(F)c(F)c1. The topological polar surface area (TPSA) is 51.4 Å². The Morgan fingerprint density at radius 1 is 1.19 bits per heavy atom. The average Bonchev–Trinajstić information content (AvgIpc) is 2.79. The number of halogens is 2. The molecule has 0 aliphatic carbocycles. The largest absolute Gasteiger partial charge is 0.318 e. The minimum atomic E-state index is -4.10. The van der Waals surface area contributed by atoms with Crippen LogP contribution in [0.25, 0.3) is 0 Å². The zero-order chi connectivity index (χ0) is 15.8.